The number of rotatable bonds is 4. The van der Waals surface area contributed by atoms with Crippen LogP contribution in [0.5, 0.6) is 0 Å². The Morgan fingerprint density at radius 1 is 1.47 bits per heavy atom. The molecule has 0 spiro atoms. The van der Waals surface area contributed by atoms with Gasteiger partial charge in [0, 0.05) is 0 Å². The van der Waals surface area contributed by atoms with Crippen molar-refractivity contribution < 1.29 is 14.7 Å². The average molecular weight is 261 g/mol. The summed E-state index contributed by atoms with van der Waals surface area (Å²) >= 11 is 0. The number of nitrogens with zero attached hydrogens (tertiary/aromatic N) is 1. The minimum Gasteiger partial charge on any atom is -0.348 e. The highest BCUT2D eigenvalue weighted by molar-refractivity contribution is 5.15. The second kappa shape index (κ2) is 5.72. The molecule has 0 bridgehead atoms. The molecule has 1 aliphatic heterocycles. The van der Waals surface area contributed by atoms with Gasteiger partial charge in [-0.2, -0.15) is 5.06 Å². The fraction of sp³-hybridized carbons (Fsp3) is 0.467. The highest BCUT2D eigenvalue weighted by atomic mass is 16.7. The summed E-state index contributed by atoms with van der Waals surface area (Å²) in [6, 6.07) is 9.13. The third-order valence-corrected chi connectivity index (χ3v) is 3.06. The summed E-state index contributed by atoms with van der Waals surface area (Å²) in [5.41, 5.74) is 0.989. The molecule has 0 aliphatic carbocycles. The van der Waals surface area contributed by atoms with Crippen molar-refractivity contribution in [3.63, 3.8) is 0 Å². The lowest BCUT2D eigenvalue weighted by Crippen LogP contribution is -2.42. The van der Waals surface area contributed by atoms with E-state index in [0.29, 0.717) is 13.2 Å². The lowest BCUT2D eigenvalue weighted by molar-refractivity contribution is -0.176. The molecule has 2 rings (SSSR count). The molecule has 0 saturated carbocycles. The van der Waals surface area contributed by atoms with Crippen LogP contribution in [0.15, 0.2) is 30.3 Å². The molecule has 1 N–H and O–H groups in total. The second-order valence-electron chi connectivity index (χ2n) is 5.06. The van der Waals surface area contributed by atoms with Gasteiger partial charge in [-0.15, -0.1) is 6.42 Å². The van der Waals surface area contributed by atoms with Gasteiger partial charge in [-0.05, 0) is 19.4 Å². The smallest absolute Gasteiger partial charge is 0.163 e. The van der Waals surface area contributed by atoms with E-state index in [1.165, 1.54) is 0 Å². The van der Waals surface area contributed by atoms with E-state index in [4.69, 9.17) is 15.9 Å². The first kappa shape index (κ1) is 14.0. The van der Waals surface area contributed by atoms with E-state index in [1.807, 2.05) is 44.2 Å². The molecule has 2 atom stereocenters. The van der Waals surface area contributed by atoms with E-state index in [2.05, 4.69) is 5.92 Å². The fourth-order valence-corrected chi connectivity index (χ4v) is 2.13. The molecule has 4 heteroatoms. The standard InChI is InChI=1S/C15H19NO3/c1-4-13(14-11-18-15(2,3)19-14)16(17)10-12-8-6-5-7-9-12/h1,5-9,13-14,17H,10-11H2,2-3H3/t13-,14-/m1/s1. The second-order valence-corrected chi connectivity index (χ2v) is 5.06. The highest BCUT2D eigenvalue weighted by Crippen LogP contribution is 2.26. The average Bonchev–Trinajstić information content (AvgIpc) is 2.72. The van der Waals surface area contributed by atoms with Crippen molar-refractivity contribution in [2.24, 2.45) is 0 Å². The zero-order valence-corrected chi connectivity index (χ0v) is 11.2. The normalized spacial score (nSPS) is 23.2. The Labute approximate surface area is 113 Å². The zero-order valence-electron chi connectivity index (χ0n) is 11.2. The SMILES string of the molecule is C#C[C@H]([C@H]1COC(C)(C)O1)N(O)Cc1ccccc1. The van der Waals surface area contributed by atoms with Gasteiger partial charge in [-0.25, -0.2) is 0 Å². The molecule has 1 heterocycles. The van der Waals surface area contributed by atoms with E-state index in [-0.39, 0.29) is 6.10 Å². The molecule has 1 fully saturated rings. The number of hydrogen-bond acceptors (Lipinski definition) is 4. The van der Waals surface area contributed by atoms with E-state index in [9.17, 15) is 5.21 Å². The maximum atomic E-state index is 10.1. The third-order valence-electron chi connectivity index (χ3n) is 3.06. The van der Waals surface area contributed by atoms with Crippen LogP contribution < -0.4 is 0 Å². The molecular weight excluding hydrogens is 242 g/mol. The van der Waals surface area contributed by atoms with Crippen LogP contribution in [-0.2, 0) is 16.0 Å². The van der Waals surface area contributed by atoms with Crippen LogP contribution in [-0.4, -0.2) is 34.8 Å². The highest BCUT2D eigenvalue weighted by Gasteiger charge is 2.38. The van der Waals surface area contributed by atoms with Crippen molar-refractivity contribution in [1.82, 2.24) is 5.06 Å². The molecule has 102 valence electrons. The fourth-order valence-electron chi connectivity index (χ4n) is 2.13. The monoisotopic (exact) mass is 261 g/mol. The van der Waals surface area contributed by atoms with Gasteiger partial charge in [0.25, 0.3) is 0 Å². The number of ether oxygens (including phenoxy) is 2. The number of hydroxylamine groups is 2. The van der Waals surface area contributed by atoms with Crippen LogP contribution in [0.1, 0.15) is 19.4 Å². The summed E-state index contributed by atoms with van der Waals surface area (Å²) in [6.07, 6.45) is 5.18. The maximum Gasteiger partial charge on any atom is 0.163 e. The molecule has 0 aromatic heterocycles. The molecular formula is C15H19NO3. The van der Waals surface area contributed by atoms with Gasteiger partial charge in [0.05, 0.1) is 13.2 Å². The number of terminal acetylenes is 1. The third kappa shape index (κ3) is 3.55. The van der Waals surface area contributed by atoms with Gasteiger partial charge in [-0.3, -0.25) is 0 Å². The summed E-state index contributed by atoms with van der Waals surface area (Å²) in [4.78, 5) is 0. The van der Waals surface area contributed by atoms with Gasteiger partial charge in [0.2, 0.25) is 0 Å². The first-order valence-electron chi connectivity index (χ1n) is 6.29. The largest absolute Gasteiger partial charge is 0.348 e. The van der Waals surface area contributed by atoms with E-state index in [1.54, 1.807) is 0 Å². The van der Waals surface area contributed by atoms with Gasteiger partial charge in [0.1, 0.15) is 12.1 Å². The molecule has 1 saturated heterocycles. The molecule has 0 amide bonds. The van der Waals surface area contributed by atoms with Crippen LogP contribution in [0, 0.1) is 12.3 Å². The molecule has 0 unspecified atom stereocenters. The summed E-state index contributed by atoms with van der Waals surface area (Å²) in [5.74, 6) is 1.93. The van der Waals surface area contributed by atoms with Crippen LogP contribution in [0.25, 0.3) is 0 Å². The van der Waals surface area contributed by atoms with Gasteiger partial charge >= 0.3 is 0 Å². The predicted octanol–water partition coefficient (Wildman–Crippen LogP) is 2.03. The Bertz CT molecular complexity index is 452. The summed E-state index contributed by atoms with van der Waals surface area (Å²) < 4.78 is 11.2. The minimum atomic E-state index is -0.645. The van der Waals surface area contributed by atoms with Crippen LogP contribution >= 0.6 is 0 Å². The predicted molar refractivity (Wildman–Crippen MR) is 71.3 cm³/mol. The molecule has 1 aromatic carbocycles. The Hall–Kier alpha value is -1.38. The van der Waals surface area contributed by atoms with Gasteiger partial charge < -0.3 is 14.7 Å². The van der Waals surface area contributed by atoms with Crippen molar-refractivity contribution in [2.75, 3.05) is 6.61 Å². The number of benzene rings is 1. The molecule has 1 aromatic rings. The molecule has 19 heavy (non-hydrogen) atoms. The van der Waals surface area contributed by atoms with E-state index in [0.717, 1.165) is 10.6 Å². The Balaban J connectivity index is 2.00. The van der Waals surface area contributed by atoms with Crippen molar-refractivity contribution in [1.29, 1.82) is 0 Å². The Morgan fingerprint density at radius 3 is 2.68 bits per heavy atom. The lowest BCUT2D eigenvalue weighted by atomic mass is 10.1. The first-order valence-corrected chi connectivity index (χ1v) is 6.29. The summed E-state index contributed by atoms with van der Waals surface area (Å²) in [7, 11) is 0. The van der Waals surface area contributed by atoms with Crippen molar-refractivity contribution in [2.45, 2.75) is 38.3 Å². The van der Waals surface area contributed by atoms with Crippen molar-refractivity contribution >= 4 is 0 Å². The van der Waals surface area contributed by atoms with E-state index < -0.39 is 11.8 Å². The Kier molecular flexibility index (Phi) is 4.23. The summed E-state index contributed by atoms with van der Waals surface area (Å²) in [6.45, 7) is 4.41. The van der Waals surface area contributed by atoms with E-state index >= 15 is 0 Å². The first-order chi connectivity index (χ1) is 9.02. The van der Waals surface area contributed by atoms with Crippen molar-refractivity contribution in [3.8, 4) is 12.3 Å². The van der Waals surface area contributed by atoms with Crippen molar-refractivity contribution in [3.05, 3.63) is 35.9 Å². The molecule has 0 radical (unpaired) electrons. The Morgan fingerprint density at radius 2 is 2.16 bits per heavy atom. The molecule has 4 nitrogen and oxygen atoms in total. The number of hydrogen-bond donors (Lipinski definition) is 1. The van der Waals surface area contributed by atoms with Crippen LogP contribution in [0.2, 0.25) is 0 Å². The zero-order chi connectivity index (χ0) is 13.9. The molecule has 1 aliphatic rings. The van der Waals surface area contributed by atoms with Gasteiger partial charge in [0.15, 0.2) is 5.79 Å². The minimum absolute atomic E-state index is 0.325. The van der Waals surface area contributed by atoms with Crippen LogP contribution in [0.4, 0.5) is 0 Å². The topological polar surface area (TPSA) is 41.9 Å². The lowest BCUT2D eigenvalue weighted by Gasteiger charge is -2.26. The van der Waals surface area contributed by atoms with Gasteiger partial charge in [-0.1, -0.05) is 36.3 Å². The maximum absolute atomic E-state index is 10.1. The quantitative estimate of drug-likeness (QED) is 0.665. The summed E-state index contributed by atoms with van der Waals surface area (Å²) in [5, 5.41) is 11.3. The van der Waals surface area contributed by atoms with Crippen LogP contribution in [0.3, 0.4) is 0 Å².